The van der Waals surface area contributed by atoms with Crippen LogP contribution in [0.15, 0.2) is 54.6 Å². The fourth-order valence-electron chi connectivity index (χ4n) is 2.18. The molecule has 0 spiro atoms. The summed E-state index contributed by atoms with van der Waals surface area (Å²) in [4.78, 5) is 12.2. The number of hydrogen-bond acceptors (Lipinski definition) is 5. The molecule has 1 amide bonds. The Hall–Kier alpha value is -3.06. The lowest BCUT2D eigenvalue weighted by Crippen LogP contribution is -2.37. The molecule has 3 rings (SSSR count). The molecule has 7 heteroatoms. The number of benzene rings is 2. The van der Waals surface area contributed by atoms with Gasteiger partial charge in [0.2, 0.25) is 11.7 Å². The molecular weight excluding hydrogens is 292 g/mol. The Bertz CT molecular complexity index is 755. The SMILES string of the molecule is N[C@@H](Cc1ccccc1)C(=O)Nc1ccc(-c2nn[nH]n2)cc1. The summed E-state index contributed by atoms with van der Waals surface area (Å²) in [6.07, 6.45) is 0.494. The number of amides is 1. The van der Waals surface area contributed by atoms with E-state index in [4.69, 9.17) is 5.73 Å². The van der Waals surface area contributed by atoms with Crippen LogP contribution < -0.4 is 11.1 Å². The lowest BCUT2D eigenvalue weighted by atomic mass is 10.1. The monoisotopic (exact) mass is 308 g/mol. The first kappa shape index (κ1) is 14.9. The molecular formula is C16H16N6O. The number of carbonyl (C=O) groups excluding carboxylic acids is 1. The van der Waals surface area contributed by atoms with Crippen molar-refractivity contribution < 1.29 is 4.79 Å². The molecule has 7 nitrogen and oxygen atoms in total. The number of aromatic nitrogens is 4. The summed E-state index contributed by atoms with van der Waals surface area (Å²) in [6.45, 7) is 0. The Balaban J connectivity index is 1.61. The maximum Gasteiger partial charge on any atom is 0.241 e. The van der Waals surface area contributed by atoms with Crippen molar-refractivity contribution in [3.05, 3.63) is 60.2 Å². The first-order valence-corrected chi connectivity index (χ1v) is 7.16. The summed E-state index contributed by atoms with van der Waals surface area (Å²) in [5, 5.41) is 16.5. The molecule has 0 aliphatic carbocycles. The maximum absolute atomic E-state index is 12.2. The minimum Gasteiger partial charge on any atom is -0.325 e. The van der Waals surface area contributed by atoms with E-state index in [1.807, 2.05) is 42.5 Å². The standard InChI is InChI=1S/C16H16N6O/c17-14(10-11-4-2-1-3-5-11)16(23)18-13-8-6-12(7-9-13)15-19-21-22-20-15/h1-9,14H,10,17H2,(H,18,23)(H,19,20,21,22)/t14-/m0/s1. The number of aromatic amines is 1. The molecule has 3 aromatic rings. The van der Waals surface area contributed by atoms with Crippen molar-refractivity contribution in [2.45, 2.75) is 12.5 Å². The molecule has 1 aromatic heterocycles. The molecule has 1 atom stereocenters. The van der Waals surface area contributed by atoms with Crippen LogP contribution in [0.5, 0.6) is 0 Å². The summed E-state index contributed by atoms with van der Waals surface area (Å²) in [7, 11) is 0. The number of rotatable bonds is 5. The van der Waals surface area contributed by atoms with Crippen molar-refractivity contribution in [1.29, 1.82) is 0 Å². The third-order valence-electron chi connectivity index (χ3n) is 3.39. The first-order valence-electron chi connectivity index (χ1n) is 7.16. The van der Waals surface area contributed by atoms with Gasteiger partial charge in [0.15, 0.2) is 0 Å². The van der Waals surface area contributed by atoms with Crippen molar-refractivity contribution in [3.63, 3.8) is 0 Å². The van der Waals surface area contributed by atoms with Crippen LogP contribution in [0.4, 0.5) is 5.69 Å². The number of nitrogens with two attached hydrogens (primary N) is 1. The Labute approximate surface area is 132 Å². The zero-order valence-electron chi connectivity index (χ0n) is 12.3. The van der Waals surface area contributed by atoms with Crippen LogP contribution in [0.2, 0.25) is 0 Å². The van der Waals surface area contributed by atoms with E-state index in [1.165, 1.54) is 0 Å². The second-order valence-electron chi connectivity index (χ2n) is 5.10. The smallest absolute Gasteiger partial charge is 0.241 e. The molecule has 23 heavy (non-hydrogen) atoms. The van der Waals surface area contributed by atoms with E-state index in [1.54, 1.807) is 12.1 Å². The van der Waals surface area contributed by atoms with Gasteiger partial charge >= 0.3 is 0 Å². The van der Waals surface area contributed by atoms with Crippen LogP contribution in [0.25, 0.3) is 11.4 Å². The van der Waals surface area contributed by atoms with Gasteiger partial charge in [0.1, 0.15) is 0 Å². The highest BCUT2D eigenvalue weighted by molar-refractivity contribution is 5.95. The fourth-order valence-corrected chi connectivity index (χ4v) is 2.18. The zero-order valence-corrected chi connectivity index (χ0v) is 12.3. The molecule has 0 saturated carbocycles. The molecule has 0 aliphatic rings. The van der Waals surface area contributed by atoms with E-state index in [-0.39, 0.29) is 5.91 Å². The van der Waals surface area contributed by atoms with Gasteiger partial charge in [0.05, 0.1) is 6.04 Å². The number of hydrogen-bond donors (Lipinski definition) is 3. The van der Waals surface area contributed by atoms with Crippen LogP contribution in [-0.2, 0) is 11.2 Å². The average Bonchev–Trinajstić information content (AvgIpc) is 3.11. The van der Waals surface area contributed by atoms with Crippen LogP contribution in [0.3, 0.4) is 0 Å². The van der Waals surface area contributed by atoms with Gasteiger partial charge in [-0.1, -0.05) is 30.3 Å². The normalized spacial score (nSPS) is 11.9. The van der Waals surface area contributed by atoms with Crippen molar-refractivity contribution >= 4 is 11.6 Å². The number of nitrogens with one attached hydrogen (secondary N) is 2. The van der Waals surface area contributed by atoms with E-state index >= 15 is 0 Å². The largest absolute Gasteiger partial charge is 0.325 e. The summed E-state index contributed by atoms with van der Waals surface area (Å²) in [5.74, 6) is 0.282. The van der Waals surface area contributed by atoms with Crippen LogP contribution in [0, 0.1) is 0 Å². The van der Waals surface area contributed by atoms with Crippen molar-refractivity contribution in [1.82, 2.24) is 20.6 Å². The quantitative estimate of drug-likeness (QED) is 0.659. The number of tetrazole rings is 1. The second kappa shape index (κ2) is 6.80. The molecule has 0 bridgehead atoms. The predicted molar refractivity (Wildman–Crippen MR) is 86.4 cm³/mol. The van der Waals surface area contributed by atoms with Gasteiger partial charge in [0.25, 0.3) is 0 Å². The summed E-state index contributed by atoms with van der Waals surface area (Å²) in [5.41, 5.74) is 8.47. The molecule has 116 valence electrons. The molecule has 1 heterocycles. The Morgan fingerprint density at radius 3 is 2.52 bits per heavy atom. The highest BCUT2D eigenvalue weighted by Crippen LogP contribution is 2.17. The highest BCUT2D eigenvalue weighted by atomic mass is 16.2. The number of H-pyrrole nitrogens is 1. The van der Waals surface area contributed by atoms with Gasteiger partial charge < -0.3 is 11.1 Å². The lowest BCUT2D eigenvalue weighted by molar-refractivity contribution is -0.117. The summed E-state index contributed by atoms with van der Waals surface area (Å²) in [6, 6.07) is 16.3. The van der Waals surface area contributed by atoms with Crippen LogP contribution in [0.1, 0.15) is 5.56 Å². The van der Waals surface area contributed by atoms with Gasteiger partial charge in [-0.25, -0.2) is 0 Å². The van der Waals surface area contributed by atoms with Gasteiger partial charge in [-0.15, -0.1) is 10.2 Å². The molecule has 2 aromatic carbocycles. The Morgan fingerprint density at radius 2 is 1.87 bits per heavy atom. The van der Waals surface area contributed by atoms with Crippen molar-refractivity contribution in [2.75, 3.05) is 5.32 Å². The van der Waals surface area contributed by atoms with Crippen molar-refractivity contribution in [3.8, 4) is 11.4 Å². The first-order chi connectivity index (χ1) is 11.2. The van der Waals surface area contributed by atoms with E-state index in [9.17, 15) is 4.79 Å². The third-order valence-corrected chi connectivity index (χ3v) is 3.39. The van der Waals surface area contributed by atoms with E-state index in [2.05, 4.69) is 25.9 Å². The lowest BCUT2D eigenvalue weighted by Gasteiger charge is -2.12. The number of anilines is 1. The Kier molecular flexibility index (Phi) is 4.39. The minimum atomic E-state index is -0.603. The molecule has 4 N–H and O–H groups in total. The van der Waals surface area contributed by atoms with Gasteiger partial charge in [-0.3, -0.25) is 4.79 Å². The van der Waals surface area contributed by atoms with E-state index in [0.29, 0.717) is 17.9 Å². The number of carbonyl (C=O) groups is 1. The topological polar surface area (TPSA) is 110 Å². The van der Waals surface area contributed by atoms with Crippen LogP contribution in [-0.4, -0.2) is 32.6 Å². The van der Waals surface area contributed by atoms with Gasteiger partial charge in [0, 0.05) is 11.3 Å². The summed E-state index contributed by atoms with van der Waals surface area (Å²) < 4.78 is 0. The molecule has 0 fully saturated rings. The molecule has 0 radical (unpaired) electrons. The fraction of sp³-hybridized carbons (Fsp3) is 0.125. The number of nitrogens with zero attached hydrogens (tertiary/aromatic N) is 3. The minimum absolute atomic E-state index is 0.221. The molecule has 0 saturated heterocycles. The molecule has 0 aliphatic heterocycles. The van der Waals surface area contributed by atoms with E-state index < -0.39 is 6.04 Å². The van der Waals surface area contributed by atoms with Gasteiger partial charge in [-0.2, -0.15) is 5.21 Å². The summed E-state index contributed by atoms with van der Waals surface area (Å²) >= 11 is 0. The van der Waals surface area contributed by atoms with Crippen LogP contribution >= 0.6 is 0 Å². The molecule has 0 unspecified atom stereocenters. The maximum atomic E-state index is 12.2. The average molecular weight is 308 g/mol. The predicted octanol–water partition coefficient (Wildman–Crippen LogP) is 1.38. The van der Waals surface area contributed by atoms with E-state index in [0.717, 1.165) is 11.1 Å². The zero-order chi connectivity index (χ0) is 16.1. The third kappa shape index (κ3) is 3.78. The van der Waals surface area contributed by atoms with Crippen molar-refractivity contribution in [2.24, 2.45) is 5.73 Å². The Morgan fingerprint density at radius 1 is 1.13 bits per heavy atom. The van der Waals surface area contributed by atoms with Gasteiger partial charge in [-0.05, 0) is 41.5 Å². The second-order valence-corrected chi connectivity index (χ2v) is 5.10. The highest BCUT2D eigenvalue weighted by Gasteiger charge is 2.14.